The van der Waals surface area contributed by atoms with Crippen LogP contribution in [-0.2, 0) is 12.3 Å². The van der Waals surface area contributed by atoms with Crippen LogP contribution < -0.4 is 0 Å². The maximum atomic E-state index is 5.73. The van der Waals surface area contributed by atoms with Crippen LogP contribution in [0.25, 0.3) is 0 Å². The minimum atomic E-state index is 0.541. The van der Waals surface area contributed by atoms with Crippen molar-refractivity contribution in [1.82, 2.24) is 9.88 Å². The van der Waals surface area contributed by atoms with Gasteiger partial charge in [0.25, 0.3) is 0 Å². The molecule has 0 unspecified atom stereocenters. The van der Waals surface area contributed by atoms with Gasteiger partial charge in [-0.2, -0.15) is 0 Å². The van der Waals surface area contributed by atoms with Crippen molar-refractivity contribution in [2.75, 3.05) is 13.1 Å². The minimum absolute atomic E-state index is 0.541. The van der Waals surface area contributed by atoms with E-state index in [0.717, 1.165) is 18.2 Å². The molecule has 0 atom stereocenters. The predicted molar refractivity (Wildman–Crippen MR) is 70.3 cm³/mol. The monoisotopic (exact) mass is 258 g/mol. The first kappa shape index (κ1) is 12.3. The van der Waals surface area contributed by atoms with Gasteiger partial charge in [0.15, 0.2) is 0 Å². The quantitative estimate of drug-likeness (QED) is 0.698. The molecule has 4 heteroatoms. The maximum absolute atomic E-state index is 5.73. The van der Waals surface area contributed by atoms with Crippen LogP contribution >= 0.6 is 22.9 Å². The average Bonchev–Trinajstić information content (AvgIpc) is 3.04. The number of nitrogens with zero attached hydrogens (tertiary/aromatic N) is 2. The van der Waals surface area contributed by atoms with E-state index < -0.39 is 0 Å². The van der Waals surface area contributed by atoms with Crippen LogP contribution in [0.3, 0.4) is 0 Å². The van der Waals surface area contributed by atoms with Gasteiger partial charge >= 0.3 is 0 Å². The third-order valence-electron chi connectivity index (χ3n) is 3.04. The van der Waals surface area contributed by atoms with Crippen molar-refractivity contribution in [2.24, 2.45) is 0 Å². The minimum Gasteiger partial charge on any atom is -0.301 e. The molecule has 0 aromatic carbocycles. The van der Waals surface area contributed by atoms with E-state index in [2.05, 4.69) is 22.2 Å². The van der Waals surface area contributed by atoms with Crippen LogP contribution in [0, 0.1) is 0 Å². The molecule has 0 amide bonds. The summed E-state index contributed by atoms with van der Waals surface area (Å²) in [5.74, 6) is 0.541. The van der Waals surface area contributed by atoms with Crippen molar-refractivity contribution >= 4 is 22.9 Å². The van der Waals surface area contributed by atoms with Gasteiger partial charge in [-0.1, -0.05) is 6.92 Å². The highest BCUT2D eigenvalue weighted by molar-refractivity contribution is 7.09. The highest BCUT2D eigenvalue weighted by Gasteiger charge is 2.27. The third-order valence-corrected chi connectivity index (χ3v) is 4.27. The summed E-state index contributed by atoms with van der Waals surface area (Å²) in [6.07, 6.45) is 5.13. The Bertz CT molecular complexity index is 323. The molecule has 0 bridgehead atoms. The van der Waals surface area contributed by atoms with Crippen LogP contribution in [0.15, 0.2) is 5.38 Å². The fourth-order valence-electron chi connectivity index (χ4n) is 2.00. The largest absolute Gasteiger partial charge is 0.301 e. The zero-order chi connectivity index (χ0) is 11.4. The molecule has 0 aliphatic heterocycles. The van der Waals surface area contributed by atoms with Crippen molar-refractivity contribution < 1.29 is 0 Å². The normalized spacial score (nSPS) is 15.9. The average molecular weight is 259 g/mol. The summed E-state index contributed by atoms with van der Waals surface area (Å²) >= 11 is 7.48. The van der Waals surface area contributed by atoms with Gasteiger partial charge < -0.3 is 4.90 Å². The van der Waals surface area contributed by atoms with E-state index in [-0.39, 0.29) is 0 Å². The Morgan fingerprint density at radius 3 is 2.94 bits per heavy atom. The van der Waals surface area contributed by atoms with Gasteiger partial charge in [-0.05, 0) is 32.4 Å². The molecule has 2 nitrogen and oxygen atoms in total. The third kappa shape index (κ3) is 3.44. The molecule has 1 aromatic heterocycles. The summed E-state index contributed by atoms with van der Waals surface area (Å²) in [7, 11) is 0. The Morgan fingerprint density at radius 2 is 2.38 bits per heavy atom. The molecule has 1 aliphatic carbocycles. The second-order valence-corrected chi connectivity index (χ2v) is 5.54. The van der Waals surface area contributed by atoms with Gasteiger partial charge in [0, 0.05) is 17.8 Å². The number of thiazole rings is 1. The number of halogens is 1. The molecular weight excluding hydrogens is 240 g/mol. The zero-order valence-electron chi connectivity index (χ0n) is 9.79. The second-order valence-electron chi connectivity index (χ2n) is 4.33. The molecule has 0 spiro atoms. The first-order chi connectivity index (χ1) is 7.83. The lowest BCUT2D eigenvalue weighted by Crippen LogP contribution is -2.27. The molecular formula is C12H19ClN2S. The molecule has 0 saturated heterocycles. The number of rotatable bonds is 7. The van der Waals surface area contributed by atoms with E-state index in [1.807, 2.05) is 0 Å². The molecule has 1 heterocycles. The van der Waals surface area contributed by atoms with Gasteiger partial charge in [-0.15, -0.1) is 22.9 Å². The van der Waals surface area contributed by atoms with Crippen molar-refractivity contribution in [3.63, 3.8) is 0 Å². The Morgan fingerprint density at radius 1 is 1.56 bits per heavy atom. The van der Waals surface area contributed by atoms with Crippen molar-refractivity contribution in [3.8, 4) is 0 Å². The molecule has 1 aromatic rings. The first-order valence-electron chi connectivity index (χ1n) is 6.06. The van der Waals surface area contributed by atoms with E-state index in [9.17, 15) is 0 Å². The van der Waals surface area contributed by atoms with Crippen LogP contribution in [0.5, 0.6) is 0 Å². The van der Waals surface area contributed by atoms with Crippen molar-refractivity contribution in [3.05, 3.63) is 16.1 Å². The molecule has 0 radical (unpaired) electrons. The SMILES string of the molecule is CCN(CCCc1nc(CCl)cs1)C1CC1. The van der Waals surface area contributed by atoms with Gasteiger partial charge in [0.1, 0.15) is 0 Å². The van der Waals surface area contributed by atoms with Gasteiger partial charge in [0.2, 0.25) is 0 Å². The topological polar surface area (TPSA) is 16.1 Å². The van der Waals surface area contributed by atoms with Crippen LogP contribution in [0.1, 0.15) is 36.9 Å². The summed E-state index contributed by atoms with van der Waals surface area (Å²) in [6.45, 7) is 4.67. The first-order valence-corrected chi connectivity index (χ1v) is 7.48. The Balaban J connectivity index is 1.70. The maximum Gasteiger partial charge on any atom is 0.0929 e. The molecule has 1 saturated carbocycles. The molecule has 1 aliphatic rings. The van der Waals surface area contributed by atoms with Crippen LogP contribution in [-0.4, -0.2) is 29.0 Å². The highest BCUT2D eigenvalue weighted by Crippen LogP contribution is 2.26. The van der Waals surface area contributed by atoms with Crippen molar-refractivity contribution in [1.29, 1.82) is 0 Å². The molecule has 1 fully saturated rings. The summed E-state index contributed by atoms with van der Waals surface area (Å²) < 4.78 is 0. The van der Waals surface area contributed by atoms with E-state index in [4.69, 9.17) is 11.6 Å². The smallest absolute Gasteiger partial charge is 0.0929 e. The summed E-state index contributed by atoms with van der Waals surface area (Å²) in [4.78, 5) is 7.07. The number of alkyl halides is 1. The molecule has 90 valence electrons. The number of hydrogen-bond donors (Lipinski definition) is 0. The molecule has 0 N–H and O–H groups in total. The molecule has 2 rings (SSSR count). The van der Waals surface area contributed by atoms with Crippen LogP contribution in [0.4, 0.5) is 0 Å². The van der Waals surface area contributed by atoms with E-state index in [1.54, 1.807) is 11.3 Å². The van der Waals surface area contributed by atoms with Gasteiger partial charge in [-0.3, -0.25) is 0 Å². The lowest BCUT2D eigenvalue weighted by atomic mass is 10.3. The van der Waals surface area contributed by atoms with Crippen LogP contribution in [0.2, 0.25) is 0 Å². The summed E-state index contributed by atoms with van der Waals surface area (Å²) in [5, 5.41) is 3.31. The lowest BCUT2D eigenvalue weighted by molar-refractivity contribution is 0.274. The number of aryl methyl sites for hydroxylation is 1. The fourth-order valence-corrected chi connectivity index (χ4v) is 3.07. The summed E-state index contributed by atoms with van der Waals surface area (Å²) in [6, 6.07) is 0.889. The standard InChI is InChI=1S/C12H19ClN2S/c1-2-15(11-5-6-11)7-3-4-12-14-10(8-13)9-16-12/h9,11H,2-8H2,1H3. The Labute approximate surface area is 107 Å². The zero-order valence-corrected chi connectivity index (χ0v) is 11.4. The van der Waals surface area contributed by atoms with Crippen molar-refractivity contribution in [2.45, 2.75) is 44.5 Å². The number of aromatic nitrogens is 1. The number of hydrogen-bond acceptors (Lipinski definition) is 3. The highest BCUT2D eigenvalue weighted by atomic mass is 35.5. The predicted octanol–water partition coefficient (Wildman–Crippen LogP) is 3.30. The van der Waals surface area contributed by atoms with Gasteiger partial charge in [0.05, 0.1) is 16.6 Å². The van der Waals surface area contributed by atoms with E-state index in [0.29, 0.717) is 5.88 Å². The second kappa shape index (κ2) is 5.99. The lowest BCUT2D eigenvalue weighted by Gasteiger charge is -2.18. The fraction of sp³-hybridized carbons (Fsp3) is 0.750. The summed E-state index contributed by atoms with van der Waals surface area (Å²) in [5.41, 5.74) is 1.02. The Kier molecular flexibility index (Phi) is 4.62. The van der Waals surface area contributed by atoms with Gasteiger partial charge in [-0.25, -0.2) is 4.98 Å². The molecule has 16 heavy (non-hydrogen) atoms. The Hall–Kier alpha value is -0.120. The van der Waals surface area contributed by atoms with E-state index in [1.165, 1.54) is 37.4 Å². The van der Waals surface area contributed by atoms with E-state index >= 15 is 0 Å².